The molecule has 0 aromatic heterocycles. The van der Waals surface area contributed by atoms with Gasteiger partial charge in [0.15, 0.2) is 6.29 Å². The fourth-order valence-corrected chi connectivity index (χ4v) is 1.71. The summed E-state index contributed by atoms with van der Waals surface area (Å²) in [6, 6.07) is 8.42. The topological polar surface area (TPSA) is 26.3 Å². The van der Waals surface area contributed by atoms with Crippen molar-refractivity contribution in [2.45, 2.75) is 0 Å². The molecule has 0 heterocycles. The molecular formula is C14H10F2O2. The zero-order valence-electron chi connectivity index (χ0n) is 9.61. The van der Waals surface area contributed by atoms with Crippen LogP contribution in [-0.2, 0) is 0 Å². The van der Waals surface area contributed by atoms with Gasteiger partial charge in [0.2, 0.25) is 0 Å². The van der Waals surface area contributed by atoms with Gasteiger partial charge in [0, 0.05) is 6.07 Å². The molecular weight excluding hydrogens is 238 g/mol. The van der Waals surface area contributed by atoms with Crippen LogP contribution in [0.1, 0.15) is 10.4 Å². The minimum atomic E-state index is -0.865. The summed E-state index contributed by atoms with van der Waals surface area (Å²) < 4.78 is 31.6. The van der Waals surface area contributed by atoms with Crippen LogP contribution in [0, 0.1) is 11.6 Å². The Kier molecular flexibility index (Phi) is 3.37. The highest BCUT2D eigenvalue weighted by atomic mass is 19.1. The summed E-state index contributed by atoms with van der Waals surface area (Å²) in [5.41, 5.74) is 0.628. The Morgan fingerprint density at radius 2 is 1.78 bits per heavy atom. The molecule has 92 valence electrons. The Morgan fingerprint density at radius 3 is 2.33 bits per heavy atom. The van der Waals surface area contributed by atoms with E-state index < -0.39 is 11.6 Å². The molecule has 0 saturated heterocycles. The van der Waals surface area contributed by atoms with E-state index in [0.29, 0.717) is 23.7 Å². The van der Waals surface area contributed by atoms with E-state index in [9.17, 15) is 13.6 Å². The number of benzene rings is 2. The highest BCUT2D eigenvalue weighted by Crippen LogP contribution is 2.27. The number of halogens is 2. The fraction of sp³-hybridized carbons (Fsp3) is 0.0714. The lowest BCUT2D eigenvalue weighted by Gasteiger charge is -2.07. The van der Waals surface area contributed by atoms with Crippen molar-refractivity contribution in [3.05, 3.63) is 53.6 Å². The molecule has 2 aromatic rings. The van der Waals surface area contributed by atoms with Crippen LogP contribution < -0.4 is 4.74 Å². The van der Waals surface area contributed by atoms with Gasteiger partial charge in [-0.3, -0.25) is 4.79 Å². The van der Waals surface area contributed by atoms with Gasteiger partial charge in [-0.25, -0.2) is 8.78 Å². The van der Waals surface area contributed by atoms with Crippen LogP contribution in [-0.4, -0.2) is 13.4 Å². The Hall–Kier alpha value is -2.23. The van der Waals surface area contributed by atoms with Crippen molar-refractivity contribution >= 4 is 6.29 Å². The highest BCUT2D eigenvalue weighted by molar-refractivity contribution is 5.88. The second kappa shape index (κ2) is 4.96. The summed E-state index contributed by atoms with van der Waals surface area (Å²) in [5.74, 6) is -0.956. The van der Waals surface area contributed by atoms with Crippen molar-refractivity contribution in [3.63, 3.8) is 0 Å². The van der Waals surface area contributed by atoms with Gasteiger partial charge < -0.3 is 4.74 Å². The Labute approximate surface area is 103 Å². The monoisotopic (exact) mass is 248 g/mol. The molecule has 2 nitrogen and oxygen atoms in total. The van der Waals surface area contributed by atoms with Gasteiger partial charge in [0.05, 0.1) is 12.7 Å². The van der Waals surface area contributed by atoms with Crippen LogP contribution >= 0.6 is 0 Å². The maximum Gasteiger partial charge on any atom is 0.153 e. The normalized spacial score (nSPS) is 10.2. The predicted octanol–water partition coefficient (Wildman–Crippen LogP) is 3.45. The summed E-state index contributed by atoms with van der Waals surface area (Å²) in [6.45, 7) is 0. The lowest BCUT2D eigenvalue weighted by atomic mass is 9.99. The summed E-state index contributed by atoms with van der Waals surface area (Å²) in [5, 5.41) is 0. The SMILES string of the molecule is COc1ccc(-c2cc(F)cc(F)c2C=O)cc1. The van der Waals surface area contributed by atoms with Crippen molar-refractivity contribution in [1.29, 1.82) is 0 Å². The van der Waals surface area contributed by atoms with Crippen molar-refractivity contribution in [1.82, 2.24) is 0 Å². The second-order valence-electron chi connectivity index (χ2n) is 3.70. The van der Waals surface area contributed by atoms with Crippen LogP contribution in [0.15, 0.2) is 36.4 Å². The number of ether oxygens (including phenoxy) is 1. The summed E-state index contributed by atoms with van der Waals surface area (Å²) >= 11 is 0. The van der Waals surface area contributed by atoms with Crippen molar-refractivity contribution in [3.8, 4) is 16.9 Å². The fourth-order valence-electron chi connectivity index (χ4n) is 1.71. The molecule has 0 N–H and O–H groups in total. The quantitative estimate of drug-likeness (QED) is 0.777. The molecule has 4 heteroatoms. The summed E-state index contributed by atoms with van der Waals surface area (Å²) in [6.07, 6.45) is 0.383. The smallest absolute Gasteiger partial charge is 0.153 e. The van der Waals surface area contributed by atoms with Gasteiger partial charge >= 0.3 is 0 Å². The average Bonchev–Trinajstić information content (AvgIpc) is 2.38. The van der Waals surface area contributed by atoms with Gasteiger partial charge in [0.1, 0.15) is 17.4 Å². The first-order valence-corrected chi connectivity index (χ1v) is 5.24. The third-order valence-electron chi connectivity index (χ3n) is 2.61. The highest BCUT2D eigenvalue weighted by Gasteiger charge is 2.12. The van der Waals surface area contributed by atoms with Crippen LogP contribution in [0.25, 0.3) is 11.1 Å². The number of methoxy groups -OCH3 is 1. The number of aldehydes is 1. The molecule has 2 rings (SSSR count). The molecule has 0 atom stereocenters. The van der Waals surface area contributed by atoms with E-state index in [4.69, 9.17) is 4.74 Å². The molecule has 0 aliphatic heterocycles. The minimum Gasteiger partial charge on any atom is -0.497 e. The largest absolute Gasteiger partial charge is 0.497 e. The molecule has 0 bridgehead atoms. The molecule has 0 aliphatic carbocycles. The number of carbonyl (C=O) groups is 1. The maximum absolute atomic E-state index is 13.4. The van der Waals surface area contributed by atoms with Gasteiger partial charge in [0.25, 0.3) is 0 Å². The molecule has 0 aliphatic rings. The number of hydrogen-bond acceptors (Lipinski definition) is 2. The molecule has 0 amide bonds. The molecule has 0 saturated carbocycles. The van der Waals surface area contributed by atoms with Crippen LogP contribution in [0.4, 0.5) is 8.78 Å². The van der Waals surface area contributed by atoms with Crippen LogP contribution in [0.3, 0.4) is 0 Å². The standard InChI is InChI=1S/C14H10F2O2/c1-18-11-4-2-9(3-5-11)12-6-10(15)7-14(16)13(12)8-17/h2-8H,1H3. The van der Waals surface area contributed by atoms with Gasteiger partial charge in [-0.05, 0) is 29.3 Å². The molecule has 2 aromatic carbocycles. The van der Waals surface area contributed by atoms with Gasteiger partial charge in [-0.1, -0.05) is 12.1 Å². The Bertz CT molecular complexity index is 577. The third-order valence-corrected chi connectivity index (χ3v) is 2.61. The Balaban J connectivity index is 2.58. The predicted molar refractivity (Wildman–Crippen MR) is 63.7 cm³/mol. The van der Waals surface area contributed by atoms with E-state index in [-0.39, 0.29) is 11.1 Å². The van der Waals surface area contributed by atoms with Gasteiger partial charge in [-0.2, -0.15) is 0 Å². The number of carbonyl (C=O) groups excluding carboxylic acids is 1. The van der Waals surface area contributed by atoms with Crippen molar-refractivity contribution in [2.24, 2.45) is 0 Å². The van der Waals surface area contributed by atoms with Gasteiger partial charge in [-0.15, -0.1) is 0 Å². The molecule has 0 fully saturated rings. The van der Waals surface area contributed by atoms with Crippen LogP contribution in [0.5, 0.6) is 5.75 Å². The van der Waals surface area contributed by atoms with E-state index in [0.717, 1.165) is 6.07 Å². The lowest BCUT2D eigenvalue weighted by molar-refractivity contribution is 0.112. The average molecular weight is 248 g/mol. The molecule has 0 radical (unpaired) electrons. The number of rotatable bonds is 3. The summed E-state index contributed by atoms with van der Waals surface area (Å²) in [7, 11) is 1.52. The maximum atomic E-state index is 13.4. The summed E-state index contributed by atoms with van der Waals surface area (Å²) in [4.78, 5) is 10.9. The van der Waals surface area contributed by atoms with Crippen LogP contribution in [0.2, 0.25) is 0 Å². The first kappa shape index (κ1) is 12.2. The second-order valence-corrected chi connectivity index (χ2v) is 3.70. The van der Waals surface area contributed by atoms with E-state index in [1.54, 1.807) is 24.3 Å². The molecule has 0 spiro atoms. The zero-order chi connectivity index (χ0) is 13.1. The van der Waals surface area contributed by atoms with E-state index >= 15 is 0 Å². The minimum absolute atomic E-state index is 0.151. The van der Waals surface area contributed by atoms with E-state index in [2.05, 4.69) is 0 Å². The number of hydrogen-bond donors (Lipinski definition) is 0. The third kappa shape index (κ3) is 2.22. The zero-order valence-corrected chi connectivity index (χ0v) is 9.61. The van der Waals surface area contributed by atoms with E-state index in [1.807, 2.05) is 0 Å². The van der Waals surface area contributed by atoms with Crippen molar-refractivity contribution < 1.29 is 18.3 Å². The lowest BCUT2D eigenvalue weighted by Crippen LogP contribution is -1.95. The molecule has 18 heavy (non-hydrogen) atoms. The molecule has 0 unspecified atom stereocenters. The first-order chi connectivity index (χ1) is 8.65. The van der Waals surface area contributed by atoms with Crippen molar-refractivity contribution in [2.75, 3.05) is 7.11 Å². The van der Waals surface area contributed by atoms with E-state index in [1.165, 1.54) is 7.11 Å². The first-order valence-electron chi connectivity index (χ1n) is 5.24. The Morgan fingerprint density at radius 1 is 1.11 bits per heavy atom.